The molecule has 182 valence electrons. The van der Waals surface area contributed by atoms with E-state index in [-0.39, 0.29) is 24.5 Å². The van der Waals surface area contributed by atoms with Crippen molar-refractivity contribution in [2.45, 2.75) is 44.4 Å². The molecular weight excluding hydrogens is 469 g/mol. The minimum atomic E-state index is -4.83. The zero-order chi connectivity index (χ0) is 24.6. The summed E-state index contributed by atoms with van der Waals surface area (Å²) in [5.41, 5.74) is 0.0404. The highest BCUT2D eigenvalue weighted by Crippen LogP contribution is 2.40. The number of hydrogen-bond donors (Lipinski definition) is 0. The van der Waals surface area contributed by atoms with Crippen LogP contribution >= 0.6 is 12.0 Å². The van der Waals surface area contributed by atoms with E-state index in [1.165, 1.54) is 19.0 Å². The standard InChI is InChI=1S/C23H25F3N4O3S/c1-5-33-21(31)16-12-27-22(28-20(16)23(24,25)26)30-9-8-29-17-11-15(34-32-4)7-6-14(17)10-18(29)19(30)13(2)3/h6-7,10-13,19H,5,8-9H2,1-4H3. The molecule has 4 rings (SSSR count). The fourth-order valence-electron chi connectivity index (χ4n) is 4.42. The van der Waals surface area contributed by atoms with Crippen molar-refractivity contribution in [1.82, 2.24) is 14.5 Å². The predicted octanol–water partition coefficient (Wildman–Crippen LogP) is 5.50. The van der Waals surface area contributed by atoms with Gasteiger partial charge in [0.2, 0.25) is 5.95 Å². The number of aromatic nitrogens is 3. The lowest BCUT2D eigenvalue weighted by Crippen LogP contribution is -2.41. The summed E-state index contributed by atoms with van der Waals surface area (Å²) in [6.45, 7) is 6.46. The summed E-state index contributed by atoms with van der Waals surface area (Å²) in [7, 11) is 1.61. The minimum Gasteiger partial charge on any atom is -0.462 e. The second-order valence-electron chi connectivity index (χ2n) is 8.22. The zero-order valence-electron chi connectivity index (χ0n) is 19.2. The fourth-order valence-corrected chi connectivity index (χ4v) is 4.89. The van der Waals surface area contributed by atoms with E-state index in [1.807, 2.05) is 32.0 Å². The highest BCUT2D eigenvalue weighted by Gasteiger charge is 2.40. The van der Waals surface area contributed by atoms with E-state index in [9.17, 15) is 18.0 Å². The summed E-state index contributed by atoms with van der Waals surface area (Å²) >= 11 is 1.27. The van der Waals surface area contributed by atoms with Crippen LogP contribution in [0.3, 0.4) is 0 Å². The molecule has 2 aromatic heterocycles. The Balaban J connectivity index is 1.79. The molecule has 0 bridgehead atoms. The van der Waals surface area contributed by atoms with Gasteiger partial charge in [-0.2, -0.15) is 13.2 Å². The zero-order valence-corrected chi connectivity index (χ0v) is 20.0. The number of rotatable bonds is 6. The first kappa shape index (κ1) is 24.3. The molecule has 1 aliphatic rings. The van der Waals surface area contributed by atoms with Crippen molar-refractivity contribution >= 4 is 34.9 Å². The molecular formula is C23H25F3N4O3S. The van der Waals surface area contributed by atoms with Gasteiger partial charge in [-0.15, -0.1) is 0 Å². The molecule has 0 radical (unpaired) electrons. The smallest absolute Gasteiger partial charge is 0.434 e. The molecule has 1 atom stereocenters. The molecule has 3 aromatic rings. The molecule has 0 N–H and O–H groups in total. The summed E-state index contributed by atoms with van der Waals surface area (Å²) in [6, 6.07) is 7.83. The number of benzene rings is 1. The first-order chi connectivity index (χ1) is 16.2. The predicted molar refractivity (Wildman–Crippen MR) is 123 cm³/mol. The van der Waals surface area contributed by atoms with E-state index < -0.39 is 23.4 Å². The number of hydrogen-bond acceptors (Lipinski definition) is 7. The topological polar surface area (TPSA) is 69.5 Å². The van der Waals surface area contributed by atoms with Gasteiger partial charge < -0.3 is 18.4 Å². The Morgan fingerprint density at radius 1 is 1.26 bits per heavy atom. The van der Waals surface area contributed by atoms with Crippen LogP contribution in [0.5, 0.6) is 0 Å². The number of carbonyl (C=O) groups excluding carboxylic acids is 1. The lowest BCUT2D eigenvalue weighted by molar-refractivity contribution is -0.141. The van der Waals surface area contributed by atoms with E-state index in [2.05, 4.69) is 20.6 Å². The highest BCUT2D eigenvalue weighted by molar-refractivity contribution is 7.94. The van der Waals surface area contributed by atoms with Crippen LogP contribution in [-0.4, -0.2) is 40.8 Å². The first-order valence-electron chi connectivity index (χ1n) is 10.9. The third kappa shape index (κ3) is 4.46. The highest BCUT2D eigenvalue weighted by atomic mass is 32.2. The normalized spacial score (nSPS) is 16.2. The van der Waals surface area contributed by atoms with Crippen molar-refractivity contribution in [1.29, 1.82) is 0 Å². The second kappa shape index (κ2) is 9.46. The van der Waals surface area contributed by atoms with E-state index >= 15 is 0 Å². The van der Waals surface area contributed by atoms with Gasteiger partial charge >= 0.3 is 12.1 Å². The Morgan fingerprint density at radius 2 is 2.03 bits per heavy atom. The molecule has 0 saturated heterocycles. The maximum atomic E-state index is 13.8. The van der Waals surface area contributed by atoms with E-state index in [0.29, 0.717) is 13.1 Å². The number of alkyl halides is 3. The third-order valence-electron chi connectivity index (χ3n) is 5.72. The van der Waals surface area contributed by atoms with Crippen LogP contribution in [0, 0.1) is 5.92 Å². The monoisotopic (exact) mass is 494 g/mol. The summed E-state index contributed by atoms with van der Waals surface area (Å²) < 4.78 is 53.5. The van der Waals surface area contributed by atoms with Crippen molar-refractivity contribution in [2.75, 3.05) is 25.2 Å². The summed E-state index contributed by atoms with van der Waals surface area (Å²) in [6.07, 6.45) is -3.91. The molecule has 0 fully saturated rings. The third-order valence-corrected chi connectivity index (χ3v) is 6.33. The average Bonchev–Trinajstić information content (AvgIpc) is 3.15. The maximum Gasteiger partial charge on any atom is 0.434 e. The lowest BCUT2D eigenvalue weighted by Gasteiger charge is -2.39. The maximum absolute atomic E-state index is 13.8. The van der Waals surface area contributed by atoms with Crippen LogP contribution in [0.15, 0.2) is 35.4 Å². The quantitative estimate of drug-likeness (QED) is 0.331. The number of carbonyl (C=O) groups is 1. The van der Waals surface area contributed by atoms with Gasteiger partial charge in [0.25, 0.3) is 0 Å². The van der Waals surface area contributed by atoms with Crippen molar-refractivity contribution in [3.8, 4) is 0 Å². The molecule has 0 amide bonds. The SMILES string of the molecule is CCOC(=O)c1cnc(N2CCn3c(cc4ccc(SOC)cc43)C2C(C)C)nc1C(F)(F)F. The van der Waals surface area contributed by atoms with Crippen LogP contribution in [0.1, 0.15) is 48.6 Å². The lowest BCUT2D eigenvalue weighted by atomic mass is 9.97. The van der Waals surface area contributed by atoms with Gasteiger partial charge in [-0.25, -0.2) is 14.8 Å². The van der Waals surface area contributed by atoms with Gasteiger partial charge in [0.05, 0.1) is 19.8 Å². The van der Waals surface area contributed by atoms with Crippen LogP contribution in [0.2, 0.25) is 0 Å². The van der Waals surface area contributed by atoms with Crippen molar-refractivity contribution in [3.05, 3.63) is 47.4 Å². The van der Waals surface area contributed by atoms with Gasteiger partial charge in [-0.05, 0) is 31.0 Å². The Kier molecular flexibility index (Phi) is 6.77. The fraction of sp³-hybridized carbons (Fsp3) is 0.435. The summed E-state index contributed by atoms with van der Waals surface area (Å²) in [4.78, 5) is 22.8. The molecule has 3 heterocycles. The Labute approximate surface area is 199 Å². The van der Waals surface area contributed by atoms with Crippen molar-refractivity contribution in [2.24, 2.45) is 5.92 Å². The minimum absolute atomic E-state index is 0.0470. The number of anilines is 1. The first-order valence-corrected chi connectivity index (χ1v) is 11.6. The second-order valence-corrected chi connectivity index (χ2v) is 9.20. The summed E-state index contributed by atoms with van der Waals surface area (Å²) in [5, 5.41) is 1.04. The number of halogens is 3. The molecule has 0 spiro atoms. The van der Waals surface area contributed by atoms with Gasteiger partial charge in [-0.3, -0.25) is 0 Å². The van der Waals surface area contributed by atoms with Gasteiger partial charge in [0.15, 0.2) is 5.69 Å². The number of ether oxygens (including phenoxy) is 1. The Bertz CT molecular complexity index is 1210. The summed E-state index contributed by atoms with van der Waals surface area (Å²) in [5.74, 6) is -1.10. The van der Waals surface area contributed by atoms with E-state index in [1.54, 1.807) is 12.0 Å². The van der Waals surface area contributed by atoms with Gasteiger partial charge in [0.1, 0.15) is 5.56 Å². The number of fused-ring (bicyclic) bond motifs is 3. The average molecular weight is 495 g/mol. The van der Waals surface area contributed by atoms with Crippen LogP contribution < -0.4 is 4.90 Å². The molecule has 11 heteroatoms. The van der Waals surface area contributed by atoms with Gasteiger partial charge in [-0.1, -0.05) is 19.9 Å². The molecule has 1 aliphatic heterocycles. The number of nitrogens with zero attached hydrogens (tertiary/aromatic N) is 4. The molecule has 34 heavy (non-hydrogen) atoms. The van der Waals surface area contributed by atoms with Crippen molar-refractivity contribution < 1.29 is 26.9 Å². The van der Waals surface area contributed by atoms with Gasteiger partial charge in [0, 0.05) is 52.8 Å². The largest absolute Gasteiger partial charge is 0.462 e. The Hall–Kier alpha value is -2.79. The van der Waals surface area contributed by atoms with E-state index in [4.69, 9.17) is 8.92 Å². The van der Waals surface area contributed by atoms with E-state index in [0.717, 1.165) is 27.7 Å². The number of esters is 1. The van der Waals surface area contributed by atoms with Crippen LogP contribution in [0.4, 0.5) is 19.1 Å². The molecule has 1 aromatic carbocycles. The van der Waals surface area contributed by atoms with Crippen LogP contribution in [-0.2, 0) is 21.6 Å². The van der Waals surface area contributed by atoms with Crippen molar-refractivity contribution in [3.63, 3.8) is 0 Å². The van der Waals surface area contributed by atoms with Crippen LogP contribution in [0.25, 0.3) is 10.9 Å². The molecule has 7 nitrogen and oxygen atoms in total. The molecule has 0 saturated carbocycles. The molecule has 0 aliphatic carbocycles. The Morgan fingerprint density at radius 3 is 2.68 bits per heavy atom. The molecule has 1 unspecified atom stereocenters.